The normalized spacial score (nSPS) is 25.1. The Balaban J connectivity index is 0.000000181. The molecular formula is C38H49Cl3N2O4. The van der Waals surface area contributed by atoms with Crippen LogP contribution in [0.4, 0.5) is 0 Å². The fourth-order valence-corrected chi connectivity index (χ4v) is 8.27. The van der Waals surface area contributed by atoms with E-state index in [0.717, 1.165) is 70.7 Å². The summed E-state index contributed by atoms with van der Waals surface area (Å²) in [6.07, 6.45) is 10.2. The zero-order valence-electron chi connectivity index (χ0n) is 27.3. The molecule has 9 heteroatoms. The molecular weight excluding hydrogens is 655 g/mol. The smallest absolute Gasteiger partial charge is 0.148 e. The molecule has 0 spiro atoms. The summed E-state index contributed by atoms with van der Waals surface area (Å²) in [4.78, 5) is 16.4. The van der Waals surface area contributed by atoms with Crippen molar-refractivity contribution < 1.29 is 19.0 Å². The number of hydrogen-bond donors (Lipinski definition) is 0. The molecule has 3 aromatic carbocycles. The van der Waals surface area contributed by atoms with Gasteiger partial charge >= 0.3 is 0 Å². The Kier molecular flexibility index (Phi) is 14.2. The molecule has 0 aromatic heterocycles. The predicted octanol–water partition coefficient (Wildman–Crippen LogP) is 7.82. The van der Waals surface area contributed by atoms with Gasteiger partial charge in [-0.05, 0) is 85.4 Å². The standard InChI is InChI=1S/C21H27NO2.C17H21Cl2NO2.ClH/c1-2-5-19-16-17(8-9-18(19)4-1)10-13-24-21-7-3-6-20(21)22-11-14-23-15-12-22;18-14-3-1-4-15(19)13(14)8-10-22-17-6-2-5-16(17)20-9-7-12(21)11-20;/h1-2,4-5,8-9,16,20-21H,3,6-7,10-15H2;1,3-4,16-17H,2,5-11H2;1H/t;16?,17-;/m.0./s1. The van der Waals surface area contributed by atoms with Crippen LogP contribution >= 0.6 is 35.6 Å². The highest BCUT2D eigenvalue weighted by Gasteiger charge is 2.36. The summed E-state index contributed by atoms with van der Waals surface area (Å²) < 4.78 is 17.9. The van der Waals surface area contributed by atoms with E-state index < -0.39 is 0 Å². The molecule has 2 saturated carbocycles. The Bertz CT molecular complexity index is 1410. The number of morpholine rings is 1. The number of benzene rings is 3. The molecule has 7 rings (SSSR count). The van der Waals surface area contributed by atoms with Crippen LogP contribution < -0.4 is 0 Å². The quantitative estimate of drug-likeness (QED) is 0.215. The molecule has 2 heterocycles. The predicted molar refractivity (Wildman–Crippen MR) is 193 cm³/mol. The van der Waals surface area contributed by atoms with E-state index in [-0.39, 0.29) is 18.5 Å². The first-order valence-electron chi connectivity index (χ1n) is 17.3. The Labute approximate surface area is 296 Å². The SMILES string of the molecule is Cl.O=C1CCN(C2CCC[C@@H]2OCCc2c(Cl)cccc2Cl)C1.c1ccc2cc(CCOC3CCCC3N3CCOCC3)ccc2c1. The number of hydrogen-bond acceptors (Lipinski definition) is 6. The van der Waals surface area contributed by atoms with Crippen molar-refractivity contribution in [3.63, 3.8) is 0 Å². The van der Waals surface area contributed by atoms with Gasteiger partial charge in [-0.15, -0.1) is 12.4 Å². The zero-order valence-corrected chi connectivity index (χ0v) is 29.6. The van der Waals surface area contributed by atoms with Crippen molar-refractivity contribution in [1.82, 2.24) is 9.80 Å². The highest BCUT2D eigenvalue weighted by Crippen LogP contribution is 2.30. The van der Waals surface area contributed by atoms with Crippen molar-refractivity contribution in [3.05, 3.63) is 81.8 Å². The van der Waals surface area contributed by atoms with Crippen LogP contribution in [0.15, 0.2) is 60.7 Å². The summed E-state index contributed by atoms with van der Waals surface area (Å²) >= 11 is 12.4. The van der Waals surface area contributed by atoms with Crippen LogP contribution in [-0.4, -0.2) is 92.5 Å². The number of carbonyl (C=O) groups is 1. The van der Waals surface area contributed by atoms with Gasteiger partial charge < -0.3 is 14.2 Å². The number of halogens is 3. The second-order valence-electron chi connectivity index (χ2n) is 13.1. The van der Waals surface area contributed by atoms with E-state index in [0.29, 0.717) is 53.6 Å². The molecule has 4 atom stereocenters. The van der Waals surface area contributed by atoms with Crippen molar-refractivity contribution in [2.24, 2.45) is 0 Å². The van der Waals surface area contributed by atoms with Crippen LogP contribution in [-0.2, 0) is 31.8 Å². The molecule has 47 heavy (non-hydrogen) atoms. The number of nitrogens with zero attached hydrogens (tertiary/aromatic N) is 2. The number of likely N-dealkylation sites (tertiary alicyclic amines) is 1. The number of rotatable bonds is 10. The van der Waals surface area contributed by atoms with Gasteiger partial charge in [0.05, 0.1) is 45.2 Å². The summed E-state index contributed by atoms with van der Waals surface area (Å²) in [5.74, 6) is 0.355. The maximum atomic E-state index is 11.5. The highest BCUT2D eigenvalue weighted by atomic mass is 35.5. The maximum absolute atomic E-state index is 11.5. The first kappa shape index (κ1) is 36.5. The molecule has 4 aliphatic rings. The van der Waals surface area contributed by atoms with Crippen molar-refractivity contribution in [2.75, 3.05) is 52.6 Å². The molecule has 3 aromatic rings. The lowest BCUT2D eigenvalue weighted by atomic mass is 10.1. The fraction of sp³-hybridized carbons (Fsp3) is 0.553. The first-order chi connectivity index (χ1) is 22.5. The molecule has 0 N–H and O–H groups in total. The maximum Gasteiger partial charge on any atom is 0.148 e. The Morgan fingerprint density at radius 3 is 2.02 bits per heavy atom. The lowest BCUT2D eigenvalue weighted by Gasteiger charge is -2.35. The van der Waals surface area contributed by atoms with Gasteiger partial charge in [0.2, 0.25) is 0 Å². The second kappa shape index (κ2) is 18.3. The van der Waals surface area contributed by atoms with Gasteiger partial charge in [-0.2, -0.15) is 0 Å². The van der Waals surface area contributed by atoms with E-state index in [9.17, 15) is 4.79 Å². The zero-order chi connectivity index (χ0) is 31.7. The molecule has 0 bridgehead atoms. The molecule has 3 unspecified atom stereocenters. The summed E-state index contributed by atoms with van der Waals surface area (Å²) in [5.41, 5.74) is 2.33. The van der Waals surface area contributed by atoms with Crippen molar-refractivity contribution in [3.8, 4) is 0 Å². The van der Waals surface area contributed by atoms with E-state index in [4.69, 9.17) is 37.4 Å². The molecule has 0 radical (unpaired) electrons. The molecule has 4 fully saturated rings. The van der Waals surface area contributed by atoms with Crippen molar-refractivity contribution in [2.45, 2.75) is 82.1 Å². The second-order valence-corrected chi connectivity index (χ2v) is 13.9. The van der Waals surface area contributed by atoms with Crippen LogP contribution in [0.5, 0.6) is 0 Å². The molecule has 256 valence electrons. The number of carbonyl (C=O) groups excluding carboxylic acids is 1. The van der Waals surface area contributed by atoms with E-state index in [1.807, 2.05) is 18.2 Å². The van der Waals surface area contributed by atoms with Gasteiger partial charge in [-0.25, -0.2) is 0 Å². The third kappa shape index (κ3) is 9.92. The summed E-state index contributed by atoms with van der Waals surface area (Å²) in [6, 6.07) is 21.9. The first-order valence-corrected chi connectivity index (χ1v) is 18.0. The molecule has 2 aliphatic carbocycles. The largest absolute Gasteiger partial charge is 0.379 e. The molecule has 2 aliphatic heterocycles. The fourth-order valence-electron chi connectivity index (χ4n) is 7.69. The average molecular weight is 704 g/mol. The molecule has 0 amide bonds. The minimum Gasteiger partial charge on any atom is -0.379 e. The Hall–Kier alpha value is -1.74. The van der Waals surface area contributed by atoms with Gasteiger partial charge in [0.15, 0.2) is 0 Å². The van der Waals surface area contributed by atoms with Gasteiger partial charge in [0.1, 0.15) is 5.78 Å². The van der Waals surface area contributed by atoms with Crippen molar-refractivity contribution >= 4 is 52.2 Å². The van der Waals surface area contributed by atoms with Gasteiger partial charge in [0.25, 0.3) is 0 Å². The lowest BCUT2D eigenvalue weighted by Crippen LogP contribution is -2.47. The number of ketones is 1. The van der Waals surface area contributed by atoms with Crippen LogP contribution in [0.25, 0.3) is 10.8 Å². The number of ether oxygens (including phenoxy) is 3. The summed E-state index contributed by atoms with van der Waals surface area (Å²) in [6.45, 7) is 6.81. The van der Waals surface area contributed by atoms with E-state index in [1.165, 1.54) is 42.0 Å². The Morgan fingerprint density at radius 2 is 1.36 bits per heavy atom. The minimum atomic E-state index is 0. The monoisotopic (exact) mass is 702 g/mol. The third-order valence-corrected chi connectivity index (χ3v) is 10.9. The van der Waals surface area contributed by atoms with Gasteiger partial charge in [-0.1, -0.05) is 71.7 Å². The van der Waals surface area contributed by atoms with E-state index >= 15 is 0 Å². The number of Topliss-reactive ketones (excluding diaryl/α,β-unsaturated/α-hetero) is 1. The van der Waals surface area contributed by atoms with Crippen molar-refractivity contribution in [1.29, 1.82) is 0 Å². The van der Waals surface area contributed by atoms with Crippen LogP contribution in [0, 0.1) is 0 Å². The lowest BCUT2D eigenvalue weighted by molar-refractivity contribution is -0.117. The van der Waals surface area contributed by atoms with Crippen LogP contribution in [0.3, 0.4) is 0 Å². The summed E-state index contributed by atoms with van der Waals surface area (Å²) in [5, 5.41) is 4.03. The topological polar surface area (TPSA) is 51.2 Å². The molecule has 2 saturated heterocycles. The average Bonchev–Trinajstić information content (AvgIpc) is 3.85. The molecule has 6 nitrogen and oxygen atoms in total. The number of fused-ring (bicyclic) bond motifs is 1. The van der Waals surface area contributed by atoms with E-state index in [1.54, 1.807) is 0 Å². The third-order valence-electron chi connectivity index (χ3n) is 10.2. The van der Waals surface area contributed by atoms with Crippen LogP contribution in [0.2, 0.25) is 10.0 Å². The Morgan fingerprint density at radius 1 is 0.723 bits per heavy atom. The van der Waals surface area contributed by atoms with Gasteiger partial charge in [-0.3, -0.25) is 14.6 Å². The van der Waals surface area contributed by atoms with Crippen LogP contribution in [0.1, 0.15) is 56.1 Å². The van der Waals surface area contributed by atoms with Gasteiger partial charge in [0, 0.05) is 48.2 Å². The highest BCUT2D eigenvalue weighted by molar-refractivity contribution is 6.36. The summed E-state index contributed by atoms with van der Waals surface area (Å²) in [7, 11) is 0. The van der Waals surface area contributed by atoms with E-state index in [2.05, 4.69) is 52.3 Å². The minimum absolute atomic E-state index is 0.